The van der Waals surface area contributed by atoms with E-state index in [1.165, 1.54) is 0 Å². The largest absolute Gasteiger partial charge is 0.367 e. The van der Waals surface area contributed by atoms with Crippen molar-refractivity contribution in [3.05, 3.63) is 0 Å². The standard InChI is InChI=1S/C6H12N2O2/c7-1-3-5-6(10-5)4(2-8)9-3/h3-6H,1-2,7-8H2/t3-,4-,5-,6+/m0/s1. The minimum atomic E-state index is 0.0959. The Morgan fingerprint density at radius 1 is 0.900 bits per heavy atom. The third-order valence-corrected chi connectivity index (χ3v) is 2.11. The highest BCUT2D eigenvalue weighted by molar-refractivity contribution is 5.03. The third-order valence-electron chi connectivity index (χ3n) is 2.11. The smallest absolute Gasteiger partial charge is 0.114 e. The molecule has 4 heteroatoms. The minimum absolute atomic E-state index is 0.0959. The van der Waals surface area contributed by atoms with Gasteiger partial charge in [0.05, 0.1) is 12.2 Å². The molecular weight excluding hydrogens is 132 g/mol. The van der Waals surface area contributed by atoms with E-state index in [0.717, 1.165) is 0 Å². The Morgan fingerprint density at radius 2 is 1.40 bits per heavy atom. The summed E-state index contributed by atoms with van der Waals surface area (Å²) in [6.07, 6.45) is 0.689. The first kappa shape index (κ1) is 6.54. The Bertz CT molecular complexity index is 128. The number of epoxide rings is 1. The molecule has 2 aliphatic rings. The average Bonchev–Trinajstić information content (AvgIpc) is 2.67. The molecule has 2 heterocycles. The van der Waals surface area contributed by atoms with Crippen LogP contribution in [0.1, 0.15) is 0 Å². The molecule has 2 fully saturated rings. The van der Waals surface area contributed by atoms with Gasteiger partial charge in [0.15, 0.2) is 0 Å². The predicted octanol–water partition coefficient (Wildman–Crippen LogP) is -1.56. The van der Waals surface area contributed by atoms with Crippen molar-refractivity contribution in [2.45, 2.75) is 24.4 Å². The van der Waals surface area contributed by atoms with Crippen LogP contribution >= 0.6 is 0 Å². The molecule has 4 nitrogen and oxygen atoms in total. The lowest BCUT2D eigenvalue weighted by atomic mass is 10.2. The summed E-state index contributed by atoms with van der Waals surface area (Å²) in [6, 6.07) is 0. The minimum Gasteiger partial charge on any atom is -0.367 e. The van der Waals surface area contributed by atoms with Crippen molar-refractivity contribution in [2.24, 2.45) is 11.5 Å². The molecular formula is C6H12N2O2. The first-order chi connectivity index (χ1) is 4.86. The number of hydrogen-bond acceptors (Lipinski definition) is 4. The number of fused-ring (bicyclic) bond motifs is 1. The van der Waals surface area contributed by atoms with Crippen LogP contribution in [-0.4, -0.2) is 37.5 Å². The van der Waals surface area contributed by atoms with E-state index in [2.05, 4.69) is 0 Å². The quantitative estimate of drug-likeness (QED) is 0.460. The van der Waals surface area contributed by atoms with Gasteiger partial charge in [0.2, 0.25) is 0 Å². The van der Waals surface area contributed by atoms with Gasteiger partial charge >= 0.3 is 0 Å². The van der Waals surface area contributed by atoms with Gasteiger partial charge in [-0.1, -0.05) is 0 Å². The van der Waals surface area contributed by atoms with Crippen LogP contribution in [0.5, 0.6) is 0 Å². The zero-order valence-corrected chi connectivity index (χ0v) is 5.69. The average molecular weight is 144 g/mol. The fourth-order valence-corrected chi connectivity index (χ4v) is 1.49. The Balaban J connectivity index is 1.95. The molecule has 58 valence electrons. The Labute approximate surface area is 59.5 Å². The van der Waals surface area contributed by atoms with Crippen LogP contribution < -0.4 is 11.5 Å². The summed E-state index contributed by atoms with van der Waals surface area (Å²) in [5.41, 5.74) is 10.8. The molecule has 0 radical (unpaired) electrons. The van der Waals surface area contributed by atoms with E-state index in [4.69, 9.17) is 20.9 Å². The normalized spacial score (nSPS) is 51.0. The van der Waals surface area contributed by atoms with E-state index >= 15 is 0 Å². The number of ether oxygens (including phenoxy) is 2. The van der Waals surface area contributed by atoms with Gasteiger partial charge in [0.1, 0.15) is 12.2 Å². The van der Waals surface area contributed by atoms with Gasteiger partial charge in [-0.25, -0.2) is 0 Å². The van der Waals surface area contributed by atoms with Gasteiger partial charge in [0, 0.05) is 13.1 Å². The van der Waals surface area contributed by atoms with Crippen LogP contribution in [-0.2, 0) is 9.47 Å². The maximum absolute atomic E-state index is 5.45. The van der Waals surface area contributed by atoms with E-state index in [1.54, 1.807) is 0 Å². The van der Waals surface area contributed by atoms with Crippen LogP contribution in [0.3, 0.4) is 0 Å². The molecule has 0 aromatic heterocycles. The molecule has 4 N–H and O–H groups in total. The first-order valence-corrected chi connectivity index (χ1v) is 3.58. The molecule has 2 rings (SSSR count). The van der Waals surface area contributed by atoms with E-state index in [1.807, 2.05) is 0 Å². The number of nitrogens with two attached hydrogens (primary N) is 2. The summed E-state index contributed by atoms with van der Waals surface area (Å²) in [5.74, 6) is 0. The molecule has 0 aliphatic carbocycles. The number of rotatable bonds is 2. The second-order valence-electron chi connectivity index (χ2n) is 2.75. The monoisotopic (exact) mass is 144 g/mol. The van der Waals surface area contributed by atoms with Crippen molar-refractivity contribution in [3.8, 4) is 0 Å². The van der Waals surface area contributed by atoms with Crippen LogP contribution in [0, 0.1) is 0 Å². The molecule has 0 aromatic rings. The Morgan fingerprint density at radius 3 is 1.70 bits per heavy atom. The fraction of sp³-hybridized carbons (Fsp3) is 1.00. The summed E-state index contributed by atoms with van der Waals surface area (Å²) in [6.45, 7) is 1.08. The van der Waals surface area contributed by atoms with Gasteiger partial charge in [-0.3, -0.25) is 0 Å². The lowest BCUT2D eigenvalue weighted by Crippen LogP contribution is -2.31. The van der Waals surface area contributed by atoms with Crippen LogP contribution in [0.2, 0.25) is 0 Å². The Kier molecular flexibility index (Phi) is 1.42. The third kappa shape index (κ3) is 0.769. The van der Waals surface area contributed by atoms with Gasteiger partial charge in [-0.05, 0) is 0 Å². The highest BCUT2D eigenvalue weighted by Crippen LogP contribution is 2.38. The van der Waals surface area contributed by atoms with Gasteiger partial charge in [0.25, 0.3) is 0 Å². The highest BCUT2D eigenvalue weighted by Gasteiger charge is 2.56. The van der Waals surface area contributed by atoms with Crippen molar-refractivity contribution >= 4 is 0 Å². The molecule has 2 aliphatic heterocycles. The van der Waals surface area contributed by atoms with Crippen LogP contribution in [0.15, 0.2) is 0 Å². The van der Waals surface area contributed by atoms with Crippen molar-refractivity contribution in [1.29, 1.82) is 0 Å². The summed E-state index contributed by atoms with van der Waals surface area (Å²) in [4.78, 5) is 0. The van der Waals surface area contributed by atoms with Crippen molar-refractivity contribution < 1.29 is 9.47 Å². The van der Waals surface area contributed by atoms with Crippen LogP contribution in [0.25, 0.3) is 0 Å². The van der Waals surface area contributed by atoms with E-state index in [0.29, 0.717) is 13.1 Å². The number of hydrogen-bond donors (Lipinski definition) is 2. The second-order valence-corrected chi connectivity index (χ2v) is 2.75. The van der Waals surface area contributed by atoms with Gasteiger partial charge in [-0.15, -0.1) is 0 Å². The maximum Gasteiger partial charge on any atom is 0.114 e. The molecule has 0 bridgehead atoms. The molecule has 10 heavy (non-hydrogen) atoms. The summed E-state index contributed by atoms with van der Waals surface area (Å²) < 4.78 is 10.7. The van der Waals surface area contributed by atoms with Crippen molar-refractivity contribution in [3.63, 3.8) is 0 Å². The Hall–Kier alpha value is -0.160. The molecule has 0 spiro atoms. The van der Waals surface area contributed by atoms with E-state index in [9.17, 15) is 0 Å². The van der Waals surface area contributed by atoms with Crippen molar-refractivity contribution in [1.82, 2.24) is 0 Å². The first-order valence-electron chi connectivity index (χ1n) is 3.58. The molecule has 4 atom stereocenters. The van der Waals surface area contributed by atoms with E-state index < -0.39 is 0 Å². The molecule has 0 aromatic carbocycles. The predicted molar refractivity (Wildman–Crippen MR) is 35.4 cm³/mol. The SMILES string of the molecule is NC[C@@H]1O[C@@H](CN)[C@H]2O[C@H]21. The summed E-state index contributed by atoms with van der Waals surface area (Å²) in [5, 5.41) is 0. The van der Waals surface area contributed by atoms with Gasteiger partial charge < -0.3 is 20.9 Å². The molecule has 0 unspecified atom stereocenters. The van der Waals surface area contributed by atoms with E-state index in [-0.39, 0.29) is 24.4 Å². The van der Waals surface area contributed by atoms with Crippen molar-refractivity contribution in [2.75, 3.05) is 13.1 Å². The topological polar surface area (TPSA) is 73.8 Å². The summed E-state index contributed by atoms with van der Waals surface area (Å²) >= 11 is 0. The highest BCUT2D eigenvalue weighted by atomic mass is 16.7. The summed E-state index contributed by atoms with van der Waals surface area (Å²) in [7, 11) is 0. The molecule has 0 saturated carbocycles. The molecule has 2 saturated heterocycles. The second kappa shape index (κ2) is 2.17. The molecule has 0 amide bonds. The maximum atomic E-state index is 5.45. The zero-order valence-electron chi connectivity index (χ0n) is 5.69. The zero-order chi connectivity index (χ0) is 7.14. The van der Waals surface area contributed by atoms with Gasteiger partial charge in [-0.2, -0.15) is 0 Å². The fourth-order valence-electron chi connectivity index (χ4n) is 1.49. The lowest BCUT2D eigenvalue weighted by Gasteiger charge is -2.13. The van der Waals surface area contributed by atoms with Crippen LogP contribution in [0.4, 0.5) is 0 Å². The lowest BCUT2D eigenvalue weighted by molar-refractivity contribution is -0.0199.